The van der Waals surface area contributed by atoms with Gasteiger partial charge in [-0.2, -0.15) is 0 Å². The van der Waals surface area contributed by atoms with Crippen molar-refractivity contribution in [1.82, 2.24) is 9.97 Å². The highest BCUT2D eigenvalue weighted by Crippen LogP contribution is 2.29. The summed E-state index contributed by atoms with van der Waals surface area (Å²) < 4.78 is 11.3. The molecule has 4 rings (SSSR count). The van der Waals surface area contributed by atoms with Crippen LogP contribution >= 0.6 is 0 Å². The van der Waals surface area contributed by atoms with Crippen LogP contribution in [0.3, 0.4) is 0 Å². The number of nitrogens with zero attached hydrogens (tertiary/aromatic N) is 2. The molecular formula is C26H29N3O3. The van der Waals surface area contributed by atoms with Gasteiger partial charge in [0.05, 0.1) is 23.6 Å². The van der Waals surface area contributed by atoms with Gasteiger partial charge in [0.25, 0.3) is 0 Å². The van der Waals surface area contributed by atoms with Gasteiger partial charge in [0.2, 0.25) is 0 Å². The van der Waals surface area contributed by atoms with E-state index in [1.54, 1.807) is 20.1 Å². The van der Waals surface area contributed by atoms with E-state index in [1.165, 1.54) is 0 Å². The van der Waals surface area contributed by atoms with E-state index in [2.05, 4.69) is 28.3 Å². The van der Waals surface area contributed by atoms with Crippen LogP contribution in [0.1, 0.15) is 43.8 Å². The van der Waals surface area contributed by atoms with Crippen molar-refractivity contribution in [2.45, 2.75) is 46.3 Å². The minimum atomic E-state index is -0.882. The predicted molar refractivity (Wildman–Crippen MR) is 127 cm³/mol. The molecule has 2 aromatic carbocycles. The molecule has 0 spiro atoms. The number of hydrogen-bond acceptors (Lipinski definition) is 6. The maximum atomic E-state index is 9.90. The third-order valence-electron chi connectivity index (χ3n) is 5.22. The first-order valence-electron chi connectivity index (χ1n) is 10.7. The van der Waals surface area contributed by atoms with Gasteiger partial charge in [0.15, 0.2) is 0 Å². The van der Waals surface area contributed by atoms with Crippen LogP contribution in [-0.2, 0) is 0 Å². The van der Waals surface area contributed by atoms with Crippen molar-refractivity contribution in [2.75, 3.05) is 11.9 Å². The zero-order valence-electron chi connectivity index (χ0n) is 19.1. The summed E-state index contributed by atoms with van der Waals surface area (Å²) in [5.41, 5.74) is 4.03. The molecule has 4 aromatic rings. The van der Waals surface area contributed by atoms with Gasteiger partial charge < -0.3 is 19.6 Å². The molecule has 2 aromatic heterocycles. The maximum absolute atomic E-state index is 9.90. The first-order chi connectivity index (χ1) is 15.2. The summed E-state index contributed by atoms with van der Waals surface area (Å²) in [6.07, 6.45) is 1.77. The standard InChI is InChI=1S/C26H29N3O3/c1-16-14-31-24-10-9-20(12-22(16)24)23-13-25(29-18(3)28-23)27-17(2)19-7-6-8-21(11-19)32-15-26(4,5)30/h6-14,17,30H,15H2,1-5H3,(H,27,28,29). The Morgan fingerprint density at radius 2 is 1.91 bits per heavy atom. The van der Waals surface area contributed by atoms with E-state index in [0.29, 0.717) is 5.82 Å². The summed E-state index contributed by atoms with van der Waals surface area (Å²) in [6.45, 7) is 9.69. The molecular weight excluding hydrogens is 402 g/mol. The lowest BCUT2D eigenvalue weighted by atomic mass is 10.1. The third kappa shape index (κ3) is 5.08. The van der Waals surface area contributed by atoms with Crippen LogP contribution in [0.5, 0.6) is 5.75 Å². The summed E-state index contributed by atoms with van der Waals surface area (Å²) >= 11 is 0. The van der Waals surface area contributed by atoms with Gasteiger partial charge in [-0.3, -0.25) is 0 Å². The van der Waals surface area contributed by atoms with Crippen molar-refractivity contribution in [3.63, 3.8) is 0 Å². The number of aliphatic hydroxyl groups is 1. The van der Waals surface area contributed by atoms with Gasteiger partial charge in [-0.15, -0.1) is 0 Å². The summed E-state index contributed by atoms with van der Waals surface area (Å²) in [4.78, 5) is 9.22. The largest absolute Gasteiger partial charge is 0.491 e. The Morgan fingerprint density at radius 1 is 1.09 bits per heavy atom. The van der Waals surface area contributed by atoms with E-state index < -0.39 is 5.60 Å². The van der Waals surface area contributed by atoms with Crippen LogP contribution in [0.25, 0.3) is 22.2 Å². The Morgan fingerprint density at radius 3 is 2.69 bits per heavy atom. The van der Waals surface area contributed by atoms with Crippen LogP contribution in [-0.4, -0.2) is 27.3 Å². The van der Waals surface area contributed by atoms with Gasteiger partial charge in [0, 0.05) is 17.0 Å². The number of benzene rings is 2. The van der Waals surface area contributed by atoms with Crippen molar-refractivity contribution >= 4 is 16.8 Å². The van der Waals surface area contributed by atoms with Crippen LogP contribution in [0.4, 0.5) is 5.82 Å². The number of rotatable bonds is 7. The Labute approximate surface area is 188 Å². The molecule has 2 heterocycles. The minimum absolute atomic E-state index is 0.00133. The summed E-state index contributed by atoms with van der Waals surface area (Å²) in [5, 5.41) is 14.5. The summed E-state index contributed by atoms with van der Waals surface area (Å²) in [5.74, 6) is 2.18. The van der Waals surface area contributed by atoms with E-state index in [4.69, 9.17) is 9.15 Å². The van der Waals surface area contributed by atoms with Crippen molar-refractivity contribution < 1.29 is 14.3 Å². The number of furan rings is 1. The van der Waals surface area contributed by atoms with Crippen molar-refractivity contribution in [3.8, 4) is 17.0 Å². The molecule has 6 heteroatoms. The normalized spacial score (nSPS) is 12.7. The molecule has 1 atom stereocenters. The first-order valence-corrected chi connectivity index (χ1v) is 10.7. The zero-order chi connectivity index (χ0) is 22.9. The molecule has 2 N–H and O–H groups in total. The Kier molecular flexibility index (Phi) is 5.89. The lowest BCUT2D eigenvalue weighted by molar-refractivity contribution is 0.0284. The third-order valence-corrected chi connectivity index (χ3v) is 5.22. The van der Waals surface area contributed by atoms with E-state index in [0.717, 1.165) is 44.9 Å². The predicted octanol–water partition coefficient (Wildman–Crippen LogP) is 5.83. The maximum Gasteiger partial charge on any atom is 0.134 e. The van der Waals surface area contributed by atoms with Gasteiger partial charge in [-0.1, -0.05) is 12.1 Å². The highest BCUT2D eigenvalue weighted by atomic mass is 16.5. The molecule has 6 nitrogen and oxygen atoms in total. The summed E-state index contributed by atoms with van der Waals surface area (Å²) in [7, 11) is 0. The van der Waals surface area contributed by atoms with Crippen molar-refractivity contribution in [2.24, 2.45) is 0 Å². The second kappa shape index (κ2) is 8.63. The van der Waals surface area contributed by atoms with E-state index >= 15 is 0 Å². The molecule has 0 fully saturated rings. The molecule has 32 heavy (non-hydrogen) atoms. The number of hydrogen-bond donors (Lipinski definition) is 2. The second-order valence-electron chi connectivity index (χ2n) is 8.85. The molecule has 0 saturated heterocycles. The first kappa shape index (κ1) is 21.8. The fourth-order valence-electron chi connectivity index (χ4n) is 3.54. The number of anilines is 1. The molecule has 0 aliphatic rings. The van der Waals surface area contributed by atoms with Gasteiger partial charge in [-0.05, 0) is 76.1 Å². The number of nitrogens with one attached hydrogen (secondary N) is 1. The Balaban J connectivity index is 1.55. The van der Waals surface area contributed by atoms with Gasteiger partial charge >= 0.3 is 0 Å². The van der Waals surface area contributed by atoms with Gasteiger partial charge in [0.1, 0.15) is 29.6 Å². The van der Waals surface area contributed by atoms with Crippen LogP contribution in [0.15, 0.2) is 59.2 Å². The quantitative estimate of drug-likeness (QED) is 0.383. The van der Waals surface area contributed by atoms with E-state index in [1.807, 2.05) is 56.3 Å². The fraction of sp³-hybridized carbons (Fsp3) is 0.308. The molecule has 0 bridgehead atoms. The molecule has 0 amide bonds. The average Bonchev–Trinajstić information content (AvgIpc) is 3.12. The number of aromatic nitrogens is 2. The lowest BCUT2D eigenvalue weighted by Gasteiger charge is -2.20. The van der Waals surface area contributed by atoms with E-state index in [9.17, 15) is 5.11 Å². The van der Waals surface area contributed by atoms with Crippen LogP contribution < -0.4 is 10.1 Å². The second-order valence-corrected chi connectivity index (χ2v) is 8.85. The molecule has 0 saturated carbocycles. The number of ether oxygens (including phenoxy) is 1. The lowest BCUT2D eigenvalue weighted by Crippen LogP contribution is -2.27. The van der Waals surface area contributed by atoms with Gasteiger partial charge in [-0.25, -0.2) is 9.97 Å². The number of fused-ring (bicyclic) bond motifs is 1. The van der Waals surface area contributed by atoms with E-state index in [-0.39, 0.29) is 12.6 Å². The molecule has 166 valence electrons. The average molecular weight is 432 g/mol. The fourth-order valence-corrected chi connectivity index (χ4v) is 3.54. The smallest absolute Gasteiger partial charge is 0.134 e. The van der Waals surface area contributed by atoms with Crippen LogP contribution in [0, 0.1) is 13.8 Å². The zero-order valence-corrected chi connectivity index (χ0v) is 19.1. The minimum Gasteiger partial charge on any atom is -0.491 e. The SMILES string of the molecule is Cc1nc(NC(C)c2cccc(OCC(C)(C)O)c2)cc(-c2ccc3occ(C)c3c2)n1. The topological polar surface area (TPSA) is 80.4 Å². The highest BCUT2D eigenvalue weighted by molar-refractivity contribution is 5.85. The number of aryl methyl sites for hydroxylation is 2. The highest BCUT2D eigenvalue weighted by Gasteiger charge is 2.15. The monoisotopic (exact) mass is 431 g/mol. The Bertz CT molecular complexity index is 1240. The van der Waals surface area contributed by atoms with Crippen molar-refractivity contribution in [1.29, 1.82) is 0 Å². The van der Waals surface area contributed by atoms with Crippen molar-refractivity contribution in [3.05, 3.63) is 71.7 Å². The molecule has 0 aliphatic heterocycles. The summed E-state index contributed by atoms with van der Waals surface area (Å²) in [6, 6.07) is 15.9. The Hall–Kier alpha value is -3.38. The molecule has 0 aliphatic carbocycles. The molecule has 0 radical (unpaired) electrons. The van der Waals surface area contributed by atoms with Crippen LogP contribution in [0.2, 0.25) is 0 Å². The molecule has 1 unspecified atom stereocenters.